The lowest BCUT2D eigenvalue weighted by atomic mass is 10.1. The van der Waals surface area contributed by atoms with E-state index in [9.17, 15) is 8.42 Å². The van der Waals surface area contributed by atoms with E-state index in [4.69, 9.17) is 16.1 Å². The van der Waals surface area contributed by atoms with Crippen molar-refractivity contribution in [3.05, 3.63) is 17.7 Å². The average molecular weight is 282 g/mol. The highest BCUT2D eigenvalue weighted by atomic mass is 32.2. The quantitative estimate of drug-likeness (QED) is 0.799. The first kappa shape index (κ1) is 15.3. The van der Waals surface area contributed by atoms with Crippen molar-refractivity contribution in [2.45, 2.75) is 31.2 Å². The minimum Gasteiger partial charge on any atom is -0.399 e. The first-order valence-corrected chi connectivity index (χ1v) is 7.25. The Morgan fingerprint density at radius 2 is 2.05 bits per heavy atom. The number of benzene rings is 1. The maximum Gasteiger partial charge on any atom is 0.238 e. The summed E-state index contributed by atoms with van der Waals surface area (Å²) < 4.78 is 23.1. The van der Waals surface area contributed by atoms with Crippen LogP contribution in [0.5, 0.6) is 0 Å². The molecule has 0 aliphatic heterocycles. The molecule has 0 aliphatic rings. The molecule has 0 aromatic heterocycles. The summed E-state index contributed by atoms with van der Waals surface area (Å²) in [5.41, 5.74) is 7.24. The van der Waals surface area contributed by atoms with E-state index in [0.717, 1.165) is 0 Å². The third kappa shape index (κ3) is 3.36. The standard InChI is InChI=1S/C12H18N4O2S/c1-8(4-5-13)16(3)11-6-10(14)7-12(9(11)2)19(15,17)18/h6-8H,4,14H2,1-3H3,(H2,15,17,18). The molecule has 0 spiro atoms. The molecule has 104 valence electrons. The molecule has 1 aromatic rings. The van der Waals surface area contributed by atoms with Crippen molar-refractivity contribution in [2.24, 2.45) is 5.14 Å². The highest BCUT2D eigenvalue weighted by molar-refractivity contribution is 7.89. The van der Waals surface area contributed by atoms with Gasteiger partial charge in [0.25, 0.3) is 0 Å². The van der Waals surface area contributed by atoms with Crippen LogP contribution in [-0.2, 0) is 10.0 Å². The Bertz CT molecular complexity index is 619. The van der Waals surface area contributed by atoms with Gasteiger partial charge in [0.05, 0.1) is 17.4 Å². The molecule has 0 heterocycles. The number of nitrogens with zero attached hydrogens (tertiary/aromatic N) is 2. The Morgan fingerprint density at radius 1 is 1.47 bits per heavy atom. The number of nitrogens with two attached hydrogens (primary N) is 2. The Kier molecular flexibility index (Phi) is 4.39. The predicted octanol–water partition coefficient (Wildman–Crippen LogP) is 0.963. The summed E-state index contributed by atoms with van der Waals surface area (Å²) in [7, 11) is -2.03. The Hall–Kier alpha value is -1.78. The number of hydrogen-bond donors (Lipinski definition) is 2. The van der Waals surface area contributed by atoms with E-state index in [2.05, 4.69) is 6.07 Å². The van der Waals surface area contributed by atoms with Gasteiger partial charge in [0.1, 0.15) is 0 Å². The van der Waals surface area contributed by atoms with Gasteiger partial charge in [-0.15, -0.1) is 0 Å². The second kappa shape index (κ2) is 5.47. The van der Waals surface area contributed by atoms with Crippen LogP contribution in [0.2, 0.25) is 0 Å². The lowest BCUT2D eigenvalue weighted by Crippen LogP contribution is -2.29. The van der Waals surface area contributed by atoms with Crippen molar-refractivity contribution in [1.82, 2.24) is 0 Å². The molecule has 0 fully saturated rings. The fourth-order valence-corrected chi connectivity index (χ4v) is 2.69. The van der Waals surface area contributed by atoms with Crippen LogP contribution in [0.15, 0.2) is 17.0 Å². The summed E-state index contributed by atoms with van der Waals surface area (Å²) in [5, 5.41) is 13.9. The lowest BCUT2D eigenvalue weighted by molar-refractivity contribution is 0.597. The largest absolute Gasteiger partial charge is 0.399 e. The molecule has 1 atom stereocenters. The Balaban J connectivity index is 3.38. The fraction of sp³-hybridized carbons (Fsp3) is 0.417. The number of rotatable bonds is 4. The van der Waals surface area contributed by atoms with Gasteiger partial charge in [0.2, 0.25) is 10.0 Å². The Labute approximate surface area is 113 Å². The molecule has 1 rings (SSSR count). The minimum atomic E-state index is -3.82. The summed E-state index contributed by atoms with van der Waals surface area (Å²) in [6.07, 6.45) is 0.329. The zero-order valence-electron chi connectivity index (χ0n) is 11.2. The Morgan fingerprint density at radius 3 is 2.53 bits per heavy atom. The lowest BCUT2D eigenvalue weighted by Gasteiger charge is -2.28. The molecular weight excluding hydrogens is 264 g/mol. The van der Waals surface area contributed by atoms with E-state index >= 15 is 0 Å². The first-order valence-electron chi connectivity index (χ1n) is 5.71. The number of sulfonamides is 1. The second-order valence-electron chi connectivity index (χ2n) is 4.53. The zero-order chi connectivity index (χ0) is 14.8. The van der Waals surface area contributed by atoms with Gasteiger partial charge in [0, 0.05) is 24.5 Å². The van der Waals surface area contributed by atoms with Crippen LogP contribution in [0, 0.1) is 18.3 Å². The van der Waals surface area contributed by atoms with Crippen LogP contribution in [0.25, 0.3) is 0 Å². The summed E-state index contributed by atoms with van der Waals surface area (Å²) in [5.74, 6) is 0. The summed E-state index contributed by atoms with van der Waals surface area (Å²) >= 11 is 0. The van der Waals surface area contributed by atoms with Crippen molar-refractivity contribution in [1.29, 1.82) is 5.26 Å². The minimum absolute atomic E-state index is 0.0125. The molecule has 0 radical (unpaired) electrons. The monoisotopic (exact) mass is 282 g/mol. The van der Waals surface area contributed by atoms with Crippen LogP contribution in [0.1, 0.15) is 18.9 Å². The second-order valence-corrected chi connectivity index (χ2v) is 6.06. The van der Waals surface area contributed by atoms with Gasteiger partial charge in [-0.25, -0.2) is 13.6 Å². The molecular formula is C12H18N4O2S. The predicted molar refractivity (Wildman–Crippen MR) is 75.1 cm³/mol. The van der Waals surface area contributed by atoms with Gasteiger partial charge in [0.15, 0.2) is 0 Å². The molecule has 0 bridgehead atoms. The smallest absolute Gasteiger partial charge is 0.238 e. The van der Waals surface area contributed by atoms with Crippen LogP contribution in [0.4, 0.5) is 11.4 Å². The van der Waals surface area contributed by atoms with Crippen molar-refractivity contribution >= 4 is 21.4 Å². The van der Waals surface area contributed by atoms with Gasteiger partial charge in [-0.3, -0.25) is 0 Å². The fourth-order valence-electron chi connectivity index (χ4n) is 1.86. The molecule has 1 unspecified atom stereocenters. The molecule has 4 N–H and O–H groups in total. The molecule has 0 amide bonds. The molecule has 0 saturated carbocycles. The van der Waals surface area contributed by atoms with E-state index in [1.54, 1.807) is 20.0 Å². The number of nitrogen functional groups attached to an aromatic ring is 1. The average Bonchev–Trinajstić information content (AvgIpc) is 2.29. The molecule has 0 aliphatic carbocycles. The van der Waals surface area contributed by atoms with Crippen molar-refractivity contribution in [2.75, 3.05) is 17.7 Å². The number of nitriles is 1. The molecule has 6 nitrogen and oxygen atoms in total. The van der Waals surface area contributed by atoms with Crippen LogP contribution in [-0.4, -0.2) is 21.5 Å². The zero-order valence-corrected chi connectivity index (χ0v) is 12.0. The van der Waals surface area contributed by atoms with Gasteiger partial charge in [-0.1, -0.05) is 0 Å². The number of anilines is 2. The first-order chi connectivity index (χ1) is 8.68. The van der Waals surface area contributed by atoms with Crippen LogP contribution in [0.3, 0.4) is 0 Å². The maximum atomic E-state index is 11.5. The summed E-state index contributed by atoms with van der Waals surface area (Å²) in [6.45, 7) is 3.55. The topological polar surface area (TPSA) is 113 Å². The van der Waals surface area contributed by atoms with Gasteiger partial charge in [-0.05, 0) is 31.5 Å². The molecule has 7 heteroatoms. The highest BCUT2D eigenvalue weighted by Crippen LogP contribution is 2.29. The molecule has 1 aromatic carbocycles. The molecule has 0 saturated heterocycles. The van der Waals surface area contributed by atoms with Crippen LogP contribution >= 0.6 is 0 Å². The van der Waals surface area contributed by atoms with Crippen molar-refractivity contribution in [3.63, 3.8) is 0 Å². The SMILES string of the molecule is Cc1c(N(C)C(C)CC#N)cc(N)cc1S(N)(=O)=O. The van der Waals surface area contributed by atoms with E-state index < -0.39 is 10.0 Å². The number of primary sulfonamides is 1. The summed E-state index contributed by atoms with van der Waals surface area (Å²) in [6, 6.07) is 5.05. The normalized spacial score (nSPS) is 12.8. The van der Waals surface area contributed by atoms with Crippen molar-refractivity contribution in [3.8, 4) is 6.07 Å². The van der Waals surface area contributed by atoms with Crippen LogP contribution < -0.4 is 15.8 Å². The third-order valence-electron chi connectivity index (χ3n) is 3.09. The van der Waals surface area contributed by atoms with Gasteiger partial charge < -0.3 is 10.6 Å². The maximum absolute atomic E-state index is 11.5. The van der Waals surface area contributed by atoms with E-state index in [1.165, 1.54) is 6.07 Å². The van der Waals surface area contributed by atoms with Gasteiger partial charge in [-0.2, -0.15) is 5.26 Å². The number of hydrogen-bond acceptors (Lipinski definition) is 5. The van der Waals surface area contributed by atoms with Crippen molar-refractivity contribution < 1.29 is 8.42 Å². The summed E-state index contributed by atoms with van der Waals surface area (Å²) in [4.78, 5) is 1.84. The van der Waals surface area contributed by atoms with E-state index in [-0.39, 0.29) is 10.9 Å². The third-order valence-corrected chi connectivity index (χ3v) is 4.13. The van der Waals surface area contributed by atoms with E-state index in [1.807, 2.05) is 11.8 Å². The molecule has 19 heavy (non-hydrogen) atoms. The van der Waals surface area contributed by atoms with E-state index in [0.29, 0.717) is 23.4 Å². The van der Waals surface area contributed by atoms with Gasteiger partial charge >= 0.3 is 0 Å². The highest BCUT2D eigenvalue weighted by Gasteiger charge is 2.19.